The number of hydrogen-bond donors (Lipinski definition) is 1. The van der Waals surface area contributed by atoms with Crippen LogP contribution in [0.1, 0.15) is 44.1 Å². The first-order valence-electron chi connectivity index (χ1n) is 9.48. The molecule has 1 atom stereocenters. The zero-order valence-corrected chi connectivity index (χ0v) is 15.2. The SMILES string of the molecule is O=C1CCC(CCC(=O)N2CCOC(CCCc3ccccc3)C2)=NN1. The molecule has 26 heavy (non-hydrogen) atoms. The second-order valence-corrected chi connectivity index (χ2v) is 6.92. The van der Waals surface area contributed by atoms with E-state index in [1.807, 2.05) is 11.0 Å². The van der Waals surface area contributed by atoms with Crippen molar-refractivity contribution in [3.8, 4) is 0 Å². The number of hydrogen-bond acceptors (Lipinski definition) is 4. The lowest BCUT2D eigenvalue weighted by atomic mass is 10.0. The summed E-state index contributed by atoms with van der Waals surface area (Å²) in [5.74, 6) is 0.104. The third kappa shape index (κ3) is 5.66. The van der Waals surface area contributed by atoms with Gasteiger partial charge in [-0.1, -0.05) is 30.3 Å². The Bertz CT molecular complexity index is 645. The normalized spacial score (nSPS) is 20.5. The lowest BCUT2D eigenvalue weighted by Gasteiger charge is -2.33. The topological polar surface area (TPSA) is 71.0 Å². The third-order valence-electron chi connectivity index (χ3n) is 4.93. The molecule has 0 aromatic heterocycles. The largest absolute Gasteiger partial charge is 0.375 e. The van der Waals surface area contributed by atoms with Gasteiger partial charge in [0.05, 0.1) is 12.7 Å². The van der Waals surface area contributed by atoms with Crippen molar-refractivity contribution in [1.82, 2.24) is 10.3 Å². The molecule has 2 heterocycles. The highest BCUT2D eigenvalue weighted by Gasteiger charge is 2.24. The van der Waals surface area contributed by atoms with Gasteiger partial charge in [0.2, 0.25) is 11.8 Å². The van der Waals surface area contributed by atoms with E-state index in [2.05, 4.69) is 34.8 Å². The average molecular weight is 357 g/mol. The number of hydrazone groups is 1. The van der Waals surface area contributed by atoms with Crippen molar-refractivity contribution >= 4 is 17.5 Å². The molecular formula is C20H27N3O3. The molecule has 140 valence electrons. The third-order valence-corrected chi connectivity index (χ3v) is 4.93. The molecule has 0 saturated carbocycles. The summed E-state index contributed by atoms with van der Waals surface area (Å²) in [7, 11) is 0. The van der Waals surface area contributed by atoms with E-state index in [0.717, 1.165) is 25.0 Å². The smallest absolute Gasteiger partial charge is 0.240 e. The number of rotatable bonds is 7. The molecule has 2 aliphatic rings. The van der Waals surface area contributed by atoms with Crippen LogP contribution in [-0.4, -0.2) is 48.2 Å². The predicted molar refractivity (Wildman–Crippen MR) is 99.7 cm³/mol. The van der Waals surface area contributed by atoms with E-state index >= 15 is 0 Å². The zero-order valence-electron chi connectivity index (χ0n) is 15.2. The highest BCUT2D eigenvalue weighted by atomic mass is 16.5. The fourth-order valence-corrected chi connectivity index (χ4v) is 3.40. The molecule has 1 aromatic carbocycles. The van der Waals surface area contributed by atoms with Gasteiger partial charge in [-0.3, -0.25) is 9.59 Å². The van der Waals surface area contributed by atoms with E-state index < -0.39 is 0 Å². The molecule has 0 radical (unpaired) electrons. The molecule has 1 fully saturated rings. The summed E-state index contributed by atoms with van der Waals surface area (Å²) in [6, 6.07) is 10.5. The number of amides is 2. The summed E-state index contributed by atoms with van der Waals surface area (Å²) < 4.78 is 5.84. The molecule has 1 N–H and O–H groups in total. The number of ether oxygens (including phenoxy) is 1. The van der Waals surface area contributed by atoms with Gasteiger partial charge in [-0.25, -0.2) is 5.43 Å². The van der Waals surface area contributed by atoms with E-state index in [1.54, 1.807) is 0 Å². The van der Waals surface area contributed by atoms with Gasteiger partial charge in [0.1, 0.15) is 0 Å². The van der Waals surface area contributed by atoms with Crippen LogP contribution >= 0.6 is 0 Å². The number of morpholine rings is 1. The van der Waals surface area contributed by atoms with Crippen molar-refractivity contribution in [3.63, 3.8) is 0 Å². The molecule has 0 spiro atoms. The summed E-state index contributed by atoms with van der Waals surface area (Å²) in [5, 5.41) is 4.03. The zero-order chi connectivity index (χ0) is 18.2. The highest BCUT2D eigenvalue weighted by molar-refractivity contribution is 5.94. The van der Waals surface area contributed by atoms with E-state index in [9.17, 15) is 9.59 Å². The molecule has 2 amide bonds. The van der Waals surface area contributed by atoms with Crippen LogP contribution in [0, 0.1) is 0 Å². The van der Waals surface area contributed by atoms with Crippen LogP contribution in [0.15, 0.2) is 35.4 Å². The van der Waals surface area contributed by atoms with Crippen molar-refractivity contribution in [3.05, 3.63) is 35.9 Å². The second kappa shape index (κ2) is 9.48. The van der Waals surface area contributed by atoms with Crippen LogP contribution in [0.2, 0.25) is 0 Å². The molecule has 0 bridgehead atoms. The number of nitrogens with zero attached hydrogens (tertiary/aromatic N) is 2. The quantitative estimate of drug-likeness (QED) is 0.814. The molecular weight excluding hydrogens is 330 g/mol. The number of carbonyl (C=O) groups excluding carboxylic acids is 2. The predicted octanol–water partition coefficient (Wildman–Crippen LogP) is 2.28. The van der Waals surface area contributed by atoms with Gasteiger partial charge < -0.3 is 9.64 Å². The summed E-state index contributed by atoms with van der Waals surface area (Å²) >= 11 is 0. The first-order chi connectivity index (χ1) is 12.7. The highest BCUT2D eigenvalue weighted by Crippen LogP contribution is 2.15. The van der Waals surface area contributed by atoms with Crippen LogP contribution in [0.3, 0.4) is 0 Å². The number of carbonyl (C=O) groups is 2. The van der Waals surface area contributed by atoms with Crippen LogP contribution in [-0.2, 0) is 20.7 Å². The fraction of sp³-hybridized carbons (Fsp3) is 0.550. The van der Waals surface area contributed by atoms with Crippen LogP contribution in [0.25, 0.3) is 0 Å². The Morgan fingerprint density at radius 3 is 2.85 bits per heavy atom. The molecule has 6 nitrogen and oxygen atoms in total. The van der Waals surface area contributed by atoms with Crippen LogP contribution in [0.4, 0.5) is 0 Å². The van der Waals surface area contributed by atoms with E-state index in [1.165, 1.54) is 5.56 Å². The fourth-order valence-electron chi connectivity index (χ4n) is 3.40. The molecule has 6 heteroatoms. The standard InChI is InChI=1S/C20H27N3O3/c24-19-11-9-17(21-22-19)10-12-20(25)23-13-14-26-18(15-23)8-4-7-16-5-2-1-3-6-16/h1-3,5-6,18H,4,7-15H2,(H,22,24). The number of benzene rings is 1. The van der Waals surface area contributed by atoms with E-state index in [-0.39, 0.29) is 17.9 Å². The molecule has 1 unspecified atom stereocenters. The molecule has 1 saturated heterocycles. The van der Waals surface area contributed by atoms with Crippen molar-refractivity contribution in [2.45, 2.75) is 51.0 Å². The Kier molecular flexibility index (Phi) is 6.77. The Hall–Kier alpha value is -2.21. The summed E-state index contributed by atoms with van der Waals surface area (Å²) in [6.07, 6.45) is 5.40. The Morgan fingerprint density at radius 2 is 2.08 bits per heavy atom. The molecule has 2 aliphatic heterocycles. The molecule has 3 rings (SSSR count). The van der Waals surface area contributed by atoms with E-state index in [0.29, 0.717) is 45.4 Å². The van der Waals surface area contributed by atoms with Gasteiger partial charge in [-0.15, -0.1) is 0 Å². The van der Waals surface area contributed by atoms with Crippen molar-refractivity contribution < 1.29 is 14.3 Å². The summed E-state index contributed by atoms with van der Waals surface area (Å²) in [4.78, 5) is 25.5. The van der Waals surface area contributed by atoms with Crippen LogP contribution < -0.4 is 5.43 Å². The number of nitrogens with one attached hydrogen (secondary N) is 1. The lowest BCUT2D eigenvalue weighted by Crippen LogP contribution is -2.45. The van der Waals surface area contributed by atoms with Gasteiger partial charge in [0.15, 0.2) is 0 Å². The monoisotopic (exact) mass is 357 g/mol. The minimum atomic E-state index is -0.0494. The average Bonchev–Trinajstić information content (AvgIpc) is 2.68. The maximum atomic E-state index is 12.5. The van der Waals surface area contributed by atoms with Gasteiger partial charge in [-0.2, -0.15) is 5.10 Å². The maximum Gasteiger partial charge on any atom is 0.240 e. The van der Waals surface area contributed by atoms with Gasteiger partial charge in [0, 0.05) is 31.6 Å². The number of aryl methyl sites for hydroxylation is 1. The first-order valence-corrected chi connectivity index (χ1v) is 9.48. The van der Waals surface area contributed by atoms with Gasteiger partial charge >= 0.3 is 0 Å². The van der Waals surface area contributed by atoms with Gasteiger partial charge in [-0.05, 0) is 37.7 Å². The molecule has 0 aliphatic carbocycles. The van der Waals surface area contributed by atoms with Crippen molar-refractivity contribution in [1.29, 1.82) is 0 Å². The van der Waals surface area contributed by atoms with Gasteiger partial charge in [0.25, 0.3) is 0 Å². The lowest BCUT2D eigenvalue weighted by molar-refractivity contribution is -0.138. The van der Waals surface area contributed by atoms with Crippen LogP contribution in [0.5, 0.6) is 0 Å². The minimum absolute atomic E-state index is 0.0494. The minimum Gasteiger partial charge on any atom is -0.375 e. The summed E-state index contributed by atoms with van der Waals surface area (Å²) in [6.45, 7) is 1.95. The Morgan fingerprint density at radius 1 is 1.23 bits per heavy atom. The second-order valence-electron chi connectivity index (χ2n) is 6.92. The van der Waals surface area contributed by atoms with Crippen molar-refractivity contribution in [2.24, 2.45) is 5.10 Å². The summed E-state index contributed by atoms with van der Waals surface area (Å²) in [5.41, 5.74) is 4.74. The maximum absolute atomic E-state index is 12.5. The Labute approximate surface area is 154 Å². The molecule has 1 aromatic rings. The van der Waals surface area contributed by atoms with E-state index in [4.69, 9.17) is 4.74 Å². The first kappa shape index (κ1) is 18.6. The van der Waals surface area contributed by atoms with Crippen molar-refractivity contribution in [2.75, 3.05) is 19.7 Å². The Balaban J connectivity index is 1.38.